The van der Waals surface area contributed by atoms with Crippen LogP contribution >= 0.6 is 23.2 Å². The lowest BCUT2D eigenvalue weighted by molar-refractivity contribution is -0.136. The first-order valence-electron chi connectivity index (χ1n) is 8.97. The average Bonchev–Trinajstić information content (AvgIpc) is 2.78. The molecule has 0 saturated heterocycles. The van der Waals surface area contributed by atoms with Gasteiger partial charge in [0.1, 0.15) is 0 Å². The summed E-state index contributed by atoms with van der Waals surface area (Å²) in [6.45, 7) is 3.93. The van der Waals surface area contributed by atoms with E-state index in [0.717, 1.165) is 10.0 Å². The van der Waals surface area contributed by atoms with E-state index in [-0.39, 0.29) is 5.57 Å². The maximum Gasteiger partial charge on any atom is 0.335 e. The predicted molar refractivity (Wildman–Crippen MR) is 121 cm³/mol. The van der Waals surface area contributed by atoms with E-state index in [1.165, 1.54) is 7.11 Å². The Morgan fingerprint density at radius 2 is 1.41 bits per heavy atom. The first kappa shape index (κ1) is 21.3. The molecule has 0 aliphatic heterocycles. The zero-order valence-corrected chi connectivity index (χ0v) is 18.4. The third-order valence-corrected chi connectivity index (χ3v) is 7.75. The predicted octanol–water partition coefficient (Wildman–Crippen LogP) is 4.74. The highest BCUT2D eigenvalue weighted by atomic mass is 79.9. The van der Waals surface area contributed by atoms with Gasteiger partial charge in [-0.25, -0.2) is 9.88 Å². The number of benzene rings is 3. The Morgan fingerprint density at radius 3 is 1.86 bits per heavy atom. The monoisotopic (exact) mass is 469 g/mol. The number of halogens is 1. The fraction of sp³-hybridized carbons (Fsp3) is 0.0870. The summed E-state index contributed by atoms with van der Waals surface area (Å²) < 4.78 is 20.2. The van der Waals surface area contributed by atoms with Crippen LogP contribution in [0.3, 0.4) is 0 Å². The quantitative estimate of drug-likeness (QED) is 0.308. The molecule has 4 nitrogen and oxygen atoms in total. The molecule has 6 heteroatoms. The number of carbonyl (C=O) groups is 1. The summed E-state index contributed by atoms with van der Waals surface area (Å²) in [7, 11) is -1.99. The van der Waals surface area contributed by atoms with Crippen LogP contribution in [-0.2, 0) is 14.1 Å². The second kappa shape index (κ2) is 9.36. The lowest BCUT2D eigenvalue weighted by Crippen LogP contribution is -2.33. The van der Waals surface area contributed by atoms with Crippen molar-refractivity contribution in [1.29, 1.82) is 0 Å². The van der Waals surface area contributed by atoms with Gasteiger partial charge in [0.2, 0.25) is 7.29 Å². The molecule has 0 bridgehead atoms. The number of hydrogen-bond acceptors (Lipinski definition) is 3. The van der Waals surface area contributed by atoms with Gasteiger partial charge in [-0.3, -0.25) is 4.57 Å². The fourth-order valence-electron chi connectivity index (χ4n) is 3.01. The van der Waals surface area contributed by atoms with Crippen molar-refractivity contribution in [3.8, 4) is 0 Å². The van der Waals surface area contributed by atoms with Crippen molar-refractivity contribution in [2.75, 3.05) is 7.11 Å². The zero-order valence-electron chi connectivity index (χ0n) is 15.9. The third-order valence-electron chi connectivity index (χ3n) is 4.55. The maximum absolute atomic E-state index is 14.4. The Bertz CT molecular complexity index is 993. The summed E-state index contributed by atoms with van der Waals surface area (Å²) in [5.41, 5.74) is 0.942. The molecule has 0 radical (unpaired) electrons. The van der Waals surface area contributed by atoms with Gasteiger partial charge in [-0.15, -0.1) is 0 Å². The summed E-state index contributed by atoms with van der Waals surface area (Å²) in [6, 6.07) is 25.2. The number of esters is 1. The Labute approximate surface area is 179 Å². The Morgan fingerprint density at radius 1 is 0.931 bits per heavy atom. The molecule has 0 saturated carbocycles. The Kier molecular flexibility index (Phi) is 6.86. The van der Waals surface area contributed by atoms with Crippen LogP contribution in [0.1, 0.15) is 11.6 Å². The molecule has 0 spiro atoms. The zero-order chi connectivity index (χ0) is 20.9. The molecule has 0 heterocycles. The minimum Gasteiger partial charge on any atom is -0.466 e. The van der Waals surface area contributed by atoms with Crippen molar-refractivity contribution in [3.63, 3.8) is 0 Å². The topological polar surface area (TPSA) is 55.4 Å². The molecule has 1 N–H and O–H groups in total. The molecule has 0 aromatic heterocycles. The first-order valence-corrected chi connectivity index (χ1v) is 11.5. The summed E-state index contributed by atoms with van der Waals surface area (Å²) in [5, 5.41) is 4.54. The van der Waals surface area contributed by atoms with Gasteiger partial charge in [-0.2, -0.15) is 0 Å². The minimum atomic E-state index is -3.29. The molecule has 0 aliphatic carbocycles. The molecule has 3 rings (SSSR count). The van der Waals surface area contributed by atoms with Crippen LogP contribution in [-0.4, -0.2) is 13.1 Å². The van der Waals surface area contributed by atoms with Gasteiger partial charge >= 0.3 is 5.97 Å². The molecule has 148 valence electrons. The average molecular weight is 470 g/mol. The lowest BCUT2D eigenvalue weighted by Gasteiger charge is -2.28. The molecule has 0 amide bonds. The number of carbonyl (C=O) groups excluding carboxylic acids is 1. The van der Waals surface area contributed by atoms with Crippen molar-refractivity contribution in [1.82, 2.24) is 5.09 Å². The van der Waals surface area contributed by atoms with E-state index in [1.54, 1.807) is 0 Å². The largest absolute Gasteiger partial charge is 0.466 e. The smallest absolute Gasteiger partial charge is 0.335 e. The number of ether oxygens (including phenoxy) is 1. The molecule has 29 heavy (non-hydrogen) atoms. The third kappa shape index (κ3) is 4.76. The van der Waals surface area contributed by atoms with Crippen LogP contribution < -0.4 is 15.7 Å². The highest BCUT2D eigenvalue weighted by molar-refractivity contribution is 9.10. The molecule has 3 aromatic carbocycles. The summed E-state index contributed by atoms with van der Waals surface area (Å²) in [4.78, 5) is 12.3. The van der Waals surface area contributed by atoms with Gasteiger partial charge in [0.25, 0.3) is 0 Å². The van der Waals surface area contributed by atoms with Crippen molar-refractivity contribution in [3.05, 3.63) is 107 Å². The molecule has 3 aromatic rings. The van der Waals surface area contributed by atoms with Gasteiger partial charge in [-0.05, 0) is 42.0 Å². The normalized spacial score (nSPS) is 12.2. The summed E-state index contributed by atoms with van der Waals surface area (Å²) in [5.74, 6) is -0.557. The van der Waals surface area contributed by atoms with Crippen LogP contribution in [0.2, 0.25) is 0 Å². The highest BCUT2D eigenvalue weighted by Gasteiger charge is 2.33. The standard InChI is InChI=1S/C23H21BrNO3P/c1-17(23(26)28-2)22(18-13-15-19(24)16-14-18)25-29(27,20-9-5-3-6-10-20)21-11-7-4-8-12-21/h3-16,22H,1H2,2H3,(H,25,27). The lowest BCUT2D eigenvalue weighted by atomic mass is 10.0. The summed E-state index contributed by atoms with van der Waals surface area (Å²) in [6.07, 6.45) is 0. The number of nitrogens with one attached hydrogen (secondary N) is 1. The van der Waals surface area contributed by atoms with Crippen LogP contribution in [0.15, 0.2) is 102 Å². The van der Waals surface area contributed by atoms with Crippen LogP contribution in [0.25, 0.3) is 0 Å². The number of hydrogen-bond donors (Lipinski definition) is 1. The Hall–Kier alpha value is -2.46. The van der Waals surface area contributed by atoms with E-state index in [4.69, 9.17) is 4.74 Å². The maximum atomic E-state index is 14.4. The van der Waals surface area contributed by atoms with E-state index in [0.29, 0.717) is 10.6 Å². The molecule has 1 unspecified atom stereocenters. The summed E-state index contributed by atoms with van der Waals surface area (Å²) >= 11 is 3.42. The van der Waals surface area contributed by atoms with E-state index in [2.05, 4.69) is 27.6 Å². The second-order valence-corrected chi connectivity index (χ2v) is 9.84. The van der Waals surface area contributed by atoms with E-state index in [9.17, 15) is 9.36 Å². The SMILES string of the molecule is C=C(C(=O)OC)C(NP(=O)(c1ccccc1)c1ccccc1)c1ccc(Br)cc1. The van der Waals surface area contributed by atoms with E-state index in [1.807, 2.05) is 84.9 Å². The molecule has 1 atom stereocenters. The molecular weight excluding hydrogens is 449 g/mol. The highest BCUT2D eigenvalue weighted by Crippen LogP contribution is 2.43. The van der Waals surface area contributed by atoms with Crippen molar-refractivity contribution in [2.24, 2.45) is 0 Å². The van der Waals surface area contributed by atoms with Crippen molar-refractivity contribution >= 4 is 39.8 Å². The molecular formula is C23H21BrNO3P. The Balaban J connectivity index is 2.13. The van der Waals surface area contributed by atoms with Crippen LogP contribution in [0.5, 0.6) is 0 Å². The van der Waals surface area contributed by atoms with Gasteiger partial charge in [0.15, 0.2) is 0 Å². The van der Waals surface area contributed by atoms with Gasteiger partial charge in [0, 0.05) is 15.1 Å². The second-order valence-electron chi connectivity index (χ2n) is 6.41. The van der Waals surface area contributed by atoms with Gasteiger partial charge < -0.3 is 4.74 Å². The van der Waals surface area contributed by atoms with Crippen molar-refractivity contribution in [2.45, 2.75) is 6.04 Å². The van der Waals surface area contributed by atoms with Crippen LogP contribution in [0, 0.1) is 0 Å². The molecule has 0 aliphatic rings. The van der Waals surface area contributed by atoms with Crippen molar-refractivity contribution < 1.29 is 14.1 Å². The number of methoxy groups -OCH3 is 1. The van der Waals surface area contributed by atoms with Gasteiger partial charge in [0.05, 0.1) is 18.7 Å². The van der Waals surface area contributed by atoms with E-state index < -0.39 is 19.3 Å². The minimum absolute atomic E-state index is 0.182. The number of rotatable bonds is 7. The van der Waals surface area contributed by atoms with E-state index >= 15 is 0 Å². The van der Waals surface area contributed by atoms with Crippen LogP contribution in [0.4, 0.5) is 0 Å². The fourth-order valence-corrected chi connectivity index (χ4v) is 5.73. The van der Waals surface area contributed by atoms with Gasteiger partial charge in [-0.1, -0.05) is 71.0 Å². The first-order chi connectivity index (χ1) is 14.0. The molecule has 0 fully saturated rings.